The van der Waals surface area contributed by atoms with Gasteiger partial charge in [0.1, 0.15) is 0 Å². The molecule has 0 radical (unpaired) electrons. The van der Waals surface area contributed by atoms with E-state index in [1.54, 1.807) is 7.11 Å². The fourth-order valence-electron chi connectivity index (χ4n) is 2.94. The van der Waals surface area contributed by atoms with Gasteiger partial charge >= 0.3 is 0 Å². The minimum atomic E-state index is 0.0929. The smallest absolute Gasteiger partial charge is 0.0638 e. The van der Waals surface area contributed by atoms with Gasteiger partial charge in [0.15, 0.2) is 0 Å². The van der Waals surface area contributed by atoms with Gasteiger partial charge in [0.2, 0.25) is 0 Å². The molecule has 1 unspecified atom stereocenters. The minimum absolute atomic E-state index is 0.0929. The quantitative estimate of drug-likeness (QED) is 0.768. The maximum absolute atomic E-state index is 9.19. The monoisotopic (exact) mass is 257 g/mol. The zero-order chi connectivity index (χ0) is 13.6. The van der Waals surface area contributed by atoms with Crippen LogP contribution in [-0.4, -0.2) is 38.0 Å². The third kappa shape index (κ3) is 5.25. The Kier molecular flexibility index (Phi) is 6.61. The Bertz CT molecular complexity index is 217. The zero-order valence-electron chi connectivity index (χ0n) is 12.5. The van der Waals surface area contributed by atoms with Crippen LogP contribution in [0.4, 0.5) is 0 Å². The van der Waals surface area contributed by atoms with Gasteiger partial charge in [0.05, 0.1) is 19.3 Å². The van der Waals surface area contributed by atoms with Crippen molar-refractivity contribution in [3.63, 3.8) is 0 Å². The minimum Gasteiger partial charge on any atom is -0.395 e. The Labute approximate surface area is 112 Å². The van der Waals surface area contributed by atoms with Crippen molar-refractivity contribution in [1.29, 1.82) is 0 Å². The molecule has 0 amide bonds. The molecule has 1 atom stereocenters. The number of methoxy groups -OCH3 is 1. The molecule has 0 aliphatic heterocycles. The molecule has 108 valence electrons. The lowest BCUT2D eigenvalue weighted by atomic mass is 9.70. The van der Waals surface area contributed by atoms with E-state index in [2.05, 4.69) is 26.1 Å². The highest BCUT2D eigenvalue weighted by Gasteiger charge is 2.29. The summed E-state index contributed by atoms with van der Waals surface area (Å²) in [7, 11) is 1.68. The largest absolute Gasteiger partial charge is 0.395 e. The number of rotatable bonds is 6. The fraction of sp³-hybridized carbons (Fsp3) is 1.00. The Morgan fingerprint density at radius 3 is 2.28 bits per heavy atom. The van der Waals surface area contributed by atoms with Gasteiger partial charge in [-0.25, -0.2) is 0 Å². The number of ether oxygens (including phenoxy) is 1. The molecule has 3 heteroatoms. The number of hydrogen-bond acceptors (Lipinski definition) is 3. The van der Waals surface area contributed by atoms with Crippen LogP contribution in [0.5, 0.6) is 0 Å². The molecule has 0 bridgehead atoms. The Hall–Kier alpha value is -0.120. The van der Waals surface area contributed by atoms with E-state index < -0.39 is 0 Å². The summed E-state index contributed by atoms with van der Waals surface area (Å²) in [5.41, 5.74) is 0.460. The van der Waals surface area contributed by atoms with Gasteiger partial charge in [0, 0.05) is 7.11 Å². The predicted octanol–water partition coefficient (Wildman–Crippen LogP) is 2.44. The molecular formula is C15H31NO2. The lowest BCUT2D eigenvalue weighted by molar-refractivity contribution is 0.116. The summed E-state index contributed by atoms with van der Waals surface area (Å²) >= 11 is 0. The number of aliphatic hydroxyl groups is 1. The van der Waals surface area contributed by atoms with Crippen LogP contribution >= 0.6 is 0 Å². The SMILES string of the molecule is COCC(CO)NCC1CCC(C(C)(C)C)CC1. The molecular weight excluding hydrogens is 226 g/mol. The van der Waals surface area contributed by atoms with Crippen molar-refractivity contribution >= 4 is 0 Å². The Balaban J connectivity index is 2.23. The topological polar surface area (TPSA) is 41.5 Å². The van der Waals surface area contributed by atoms with Crippen LogP contribution in [0.15, 0.2) is 0 Å². The summed E-state index contributed by atoms with van der Waals surface area (Å²) in [5, 5.41) is 12.6. The van der Waals surface area contributed by atoms with Gasteiger partial charge < -0.3 is 15.2 Å². The molecule has 0 spiro atoms. The summed E-state index contributed by atoms with van der Waals surface area (Å²) in [6.07, 6.45) is 5.34. The molecule has 0 heterocycles. The van der Waals surface area contributed by atoms with Crippen LogP contribution < -0.4 is 5.32 Å². The molecule has 1 aliphatic rings. The maximum atomic E-state index is 9.19. The lowest BCUT2D eigenvalue weighted by Gasteiger charge is -2.37. The van der Waals surface area contributed by atoms with E-state index in [-0.39, 0.29) is 12.6 Å². The first-order valence-corrected chi connectivity index (χ1v) is 7.30. The van der Waals surface area contributed by atoms with Gasteiger partial charge in [-0.05, 0) is 49.5 Å². The van der Waals surface area contributed by atoms with Crippen molar-refractivity contribution < 1.29 is 9.84 Å². The highest BCUT2D eigenvalue weighted by Crippen LogP contribution is 2.39. The zero-order valence-corrected chi connectivity index (χ0v) is 12.5. The summed E-state index contributed by atoms with van der Waals surface area (Å²) in [6.45, 7) is 8.84. The average Bonchev–Trinajstić information content (AvgIpc) is 2.34. The molecule has 1 rings (SSSR count). The molecule has 0 aromatic rings. The molecule has 1 saturated carbocycles. The highest BCUT2D eigenvalue weighted by molar-refractivity contribution is 4.81. The standard InChI is InChI=1S/C15H31NO2/c1-15(2,3)13-7-5-12(6-8-13)9-16-14(10-17)11-18-4/h12-14,16-17H,5-11H2,1-4H3. The van der Waals surface area contributed by atoms with E-state index in [1.165, 1.54) is 25.7 Å². The molecule has 0 aromatic heterocycles. The predicted molar refractivity (Wildman–Crippen MR) is 75.7 cm³/mol. The summed E-state index contributed by atoms with van der Waals surface area (Å²) in [6, 6.07) is 0.0929. The molecule has 3 nitrogen and oxygen atoms in total. The second kappa shape index (κ2) is 7.46. The maximum Gasteiger partial charge on any atom is 0.0638 e. The molecule has 0 aromatic carbocycles. The molecule has 18 heavy (non-hydrogen) atoms. The highest BCUT2D eigenvalue weighted by atomic mass is 16.5. The van der Waals surface area contributed by atoms with Gasteiger partial charge in [0.25, 0.3) is 0 Å². The van der Waals surface area contributed by atoms with Gasteiger partial charge in [-0.15, -0.1) is 0 Å². The van der Waals surface area contributed by atoms with Crippen molar-refractivity contribution in [1.82, 2.24) is 5.32 Å². The second-order valence-corrected chi connectivity index (χ2v) is 6.83. The van der Waals surface area contributed by atoms with E-state index in [0.717, 1.165) is 18.4 Å². The van der Waals surface area contributed by atoms with E-state index in [4.69, 9.17) is 4.74 Å². The summed E-state index contributed by atoms with van der Waals surface area (Å²) in [5.74, 6) is 1.65. The Morgan fingerprint density at radius 2 is 1.83 bits per heavy atom. The Morgan fingerprint density at radius 1 is 1.22 bits per heavy atom. The van der Waals surface area contributed by atoms with Gasteiger partial charge in [-0.1, -0.05) is 20.8 Å². The average molecular weight is 257 g/mol. The summed E-state index contributed by atoms with van der Waals surface area (Å²) < 4.78 is 5.07. The van der Waals surface area contributed by atoms with Crippen LogP contribution in [0, 0.1) is 17.3 Å². The molecule has 1 fully saturated rings. The van der Waals surface area contributed by atoms with Crippen molar-refractivity contribution in [3.8, 4) is 0 Å². The van der Waals surface area contributed by atoms with Crippen molar-refractivity contribution in [2.45, 2.75) is 52.5 Å². The van der Waals surface area contributed by atoms with Crippen molar-refractivity contribution in [2.75, 3.05) is 26.9 Å². The van der Waals surface area contributed by atoms with E-state index >= 15 is 0 Å². The normalized spacial score (nSPS) is 27.2. The van der Waals surface area contributed by atoms with Crippen LogP contribution in [0.25, 0.3) is 0 Å². The second-order valence-electron chi connectivity index (χ2n) is 6.83. The number of nitrogens with one attached hydrogen (secondary N) is 1. The summed E-state index contributed by atoms with van der Waals surface area (Å²) in [4.78, 5) is 0. The van der Waals surface area contributed by atoms with E-state index in [1.807, 2.05) is 0 Å². The molecule has 2 N–H and O–H groups in total. The third-order valence-electron chi connectivity index (χ3n) is 4.35. The van der Waals surface area contributed by atoms with Crippen LogP contribution in [0.1, 0.15) is 46.5 Å². The molecule has 1 aliphatic carbocycles. The van der Waals surface area contributed by atoms with Crippen LogP contribution in [0.3, 0.4) is 0 Å². The molecule has 0 saturated heterocycles. The van der Waals surface area contributed by atoms with Gasteiger partial charge in [-0.2, -0.15) is 0 Å². The van der Waals surface area contributed by atoms with Gasteiger partial charge in [-0.3, -0.25) is 0 Å². The number of hydrogen-bond donors (Lipinski definition) is 2. The van der Waals surface area contributed by atoms with Crippen molar-refractivity contribution in [3.05, 3.63) is 0 Å². The first-order valence-electron chi connectivity index (χ1n) is 7.30. The van der Waals surface area contributed by atoms with Crippen molar-refractivity contribution in [2.24, 2.45) is 17.3 Å². The first kappa shape index (κ1) is 15.9. The van der Waals surface area contributed by atoms with Crippen LogP contribution in [-0.2, 0) is 4.74 Å². The lowest BCUT2D eigenvalue weighted by Crippen LogP contribution is -2.40. The fourth-order valence-corrected chi connectivity index (χ4v) is 2.94. The van der Waals surface area contributed by atoms with E-state index in [0.29, 0.717) is 12.0 Å². The first-order chi connectivity index (χ1) is 8.47. The van der Waals surface area contributed by atoms with E-state index in [9.17, 15) is 5.11 Å². The number of aliphatic hydroxyl groups excluding tert-OH is 1. The van der Waals surface area contributed by atoms with Crippen LogP contribution in [0.2, 0.25) is 0 Å². The third-order valence-corrected chi connectivity index (χ3v) is 4.35.